The molecule has 0 aromatic carbocycles. The van der Waals surface area contributed by atoms with Gasteiger partial charge in [-0.1, -0.05) is 18.9 Å². The number of aromatic amines is 1. The molecule has 0 atom stereocenters. The van der Waals surface area contributed by atoms with E-state index in [1.165, 1.54) is 0 Å². The highest BCUT2D eigenvalue weighted by Gasteiger charge is 2.44. The average molecular weight is 351 g/mol. The number of hydrogen-bond donors (Lipinski definition) is 2. The average Bonchev–Trinajstić information content (AvgIpc) is 3.04. The van der Waals surface area contributed by atoms with Crippen molar-refractivity contribution in [2.45, 2.75) is 12.5 Å². The molecule has 25 heavy (non-hydrogen) atoms. The van der Waals surface area contributed by atoms with E-state index in [1.54, 1.807) is 30.4 Å². The summed E-state index contributed by atoms with van der Waals surface area (Å²) < 4.78 is 2.18. The molecule has 0 spiro atoms. The van der Waals surface area contributed by atoms with Crippen LogP contribution in [0.5, 0.6) is 0 Å². The summed E-state index contributed by atoms with van der Waals surface area (Å²) >= 11 is 1.75. The summed E-state index contributed by atoms with van der Waals surface area (Å²) in [4.78, 5) is 16.4. The molecule has 3 aromatic rings. The third-order valence-electron chi connectivity index (χ3n) is 4.13. The number of nitrogens with zero attached hydrogens (tertiary/aromatic N) is 5. The van der Waals surface area contributed by atoms with Crippen molar-refractivity contribution < 1.29 is 0 Å². The Balaban J connectivity index is 1.59. The highest BCUT2D eigenvalue weighted by Crippen LogP contribution is 2.31. The van der Waals surface area contributed by atoms with Crippen molar-refractivity contribution in [3.8, 4) is 17.5 Å². The topological polar surface area (TPSA) is 93.5 Å². The second kappa shape index (κ2) is 6.35. The Morgan fingerprint density at radius 1 is 1.36 bits per heavy atom. The van der Waals surface area contributed by atoms with Crippen LogP contribution >= 0.6 is 11.9 Å². The number of pyridine rings is 1. The minimum absolute atomic E-state index is 0.588. The zero-order chi connectivity index (χ0) is 17.3. The Kier molecular flexibility index (Phi) is 4.03. The predicted octanol–water partition coefficient (Wildman–Crippen LogP) is 2.68. The van der Waals surface area contributed by atoms with Crippen molar-refractivity contribution in [2.24, 2.45) is 0 Å². The largest absolute Gasteiger partial charge is 0.350 e. The number of fused-ring (bicyclic) bond motifs is 1. The first kappa shape index (κ1) is 15.9. The lowest BCUT2D eigenvalue weighted by molar-refractivity contribution is 0.248. The third-order valence-corrected chi connectivity index (χ3v) is 5.01. The highest BCUT2D eigenvalue weighted by atomic mass is 32.2. The maximum Gasteiger partial charge on any atom is 0.163 e. The molecule has 8 heteroatoms. The van der Waals surface area contributed by atoms with Crippen molar-refractivity contribution in [3.63, 3.8) is 0 Å². The van der Waals surface area contributed by atoms with E-state index in [0.29, 0.717) is 24.7 Å². The molecule has 1 fully saturated rings. The lowest BCUT2D eigenvalue weighted by Crippen LogP contribution is -2.62. The molecular weight excluding hydrogens is 334 g/mol. The summed E-state index contributed by atoms with van der Waals surface area (Å²) in [6.45, 7) is 3.47. The summed E-state index contributed by atoms with van der Waals surface area (Å²) in [6.07, 6.45) is 5.32. The monoisotopic (exact) mass is 351 g/mol. The van der Waals surface area contributed by atoms with Crippen LogP contribution in [0.3, 0.4) is 0 Å². The molecule has 1 aliphatic rings. The molecule has 4 rings (SSSR count). The number of nitrogens with one attached hydrogen (secondary N) is 2. The number of H-pyrrole nitrogens is 1. The van der Waals surface area contributed by atoms with Gasteiger partial charge in [-0.05, 0) is 18.2 Å². The van der Waals surface area contributed by atoms with Crippen molar-refractivity contribution in [1.82, 2.24) is 24.2 Å². The Morgan fingerprint density at radius 3 is 3.04 bits per heavy atom. The first-order valence-electron chi connectivity index (χ1n) is 8.06. The van der Waals surface area contributed by atoms with E-state index in [1.807, 2.05) is 18.3 Å². The minimum Gasteiger partial charge on any atom is -0.350 e. The van der Waals surface area contributed by atoms with Gasteiger partial charge in [0.05, 0.1) is 6.07 Å². The molecule has 126 valence electrons. The van der Waals surface area contributed by atoms with Crippen LogP contribution in [0.2, 0.25) is 0 Å². The Labute approximate surface area is 149 Å². The fourth-order valence-electron chi connectivity index (χ4n) is 2.95. The summed E-state index contributed by atoms with van der Waals surface area (Å²) in [5.74, 6) is 2.27. The van der Waals surface area contributed by atoms with Gasteiger partial charge in [-0.15, -0.1) is 0 Å². The summed E-state index contributed by atoms with van der Waals surface area (Å²) in [6, 6.07) is 8.07. The second-order valence-electron chi connectivity index (χ2n) is 5.90. The van der Waals surface area contributed by atoms with E-state index in [9.17, 15) is 5.26 Å². The summed E-state index contributed by atoms with van der Waals surface area (Å²) in [7, 11) is 0. The molecule has 0 bridgehead atoms. The smallest absolute Gasteiger partial charge is 0.163 e. The molecule has 0 aliphatic carbocycles. The van der Waals surface area contributed by atoms with Gasteiger partial charge in [0.25, 0.3) is 0 Å². The summed E-state index contributed by atoms with van der Waals surface area (Å²) in [5, 5.41) is 13.8. The van der Waals surface area contributed by atoms with E-state index in [2.05, 4.69) is 42.6 Å². The number of anilines is 1. The third kappa shape index (κ3) is 2.92. The van der Waals surface area contributed by atoms with Crippen LogP contribution in [0.25, 0.3) is 22.4 Å². The first-order valence-corrected chi connectivity index (χ1v) is 9.00. The number of hydrogen-bond acceptors (Lipinski definition) is 7. The SMILES string of the molecule is CCSN1CC(C#N)(Nc2ccnc(-c3c[nH]c4ncccc34)n2)C1. The molecule has 4 heterocycles. The van der Waals surface area contributed by atoms with Gasteiger partial charge < -0.3 is 10.3 Å². The van der Waals surface area contributed by atoms with Crippen LogP contribution in [-0.4, -0.2) is 48.6 Å². The van der Waals surface area contributed by atoms with Gasteiger partial charge in [0.2, 0.25) is 0 Å². The van der Waals surface area contributed by atoms with E-state index in [0.717, 1.165) is 22.3 Å². The van der Waals surface area contributed by atoms with Crippen molar-refractivity contribution >= 4 is 28.8 Å². The van der Waals surface area contributed by atoms with Crippen molar-refractivity contribution in [2.75, 3.05) is 24.2 Å². The van der Waals surface area contributed by atoms with Crippen LogP contribution in [-0.2, 0) is 0 Å². The van der Waals surface area contributed by atoms with E-state index in [4.69, 9.17) is 0 Å². The van der Waals surface area contributed by atoms with Gasteiger partial charge in [0.1, 0.15) is 11.5 Å². The lowest BCUT2D eigenvalue weighted by atomic mass is 9.94. The van der Waals surface area contributed by atoms with Gasteiger partial charge in [-0.3, -0.25) is 0 Å². The quantitative estimate of drug-likeness (QED) is 0.683. The lowest BCUT2D eigenvalue weighted by Gasteiger charge is -2.44. The molecular formula is C17H17N7S. The number of nitriles is 1. The number of aromatic nitrogens is 4. The van der Waals surface area contributed by atoms with Crippen molar-refractivity contribution in [3.05, 3.63) is 36.8 Å². The highest BCUT2D eigenvalue weighted by molar-refractivity contribution is 7.97. The Bertz CT molecular complexity index is 939. The fraction of sp³-hybridized carbons (Fsp3) is 0.294. The summed E-state index contributed by atoms with van der Waals surface area (Å²) in [5.41, 5.74) is 1.11. The maximum absolute atomic E-state index is 9.57. The molecule has 1 saturated heterocycles. The Hall–Kier alpha value is -2.63. The zero-order valence-corrected chi connectivity index (χ0v) is 14.5. The molecule has 0 saturated carbocycles. The molecule has 7 nitrogen and oxygen atoms in total. The van der Waals surface area contributed by atoms with Gasteiger partial charge in [0, 0.05) is 48.4 Å². The van der Waals surface area contributed by atoms with Crippen LogP contribution in [0.4, 0.5) is 5.82 Å². The fourth-order valence-corrected chi connectivity index (χ4v) is 3.94. The maximum atomic E-state index is 9.57. The van der Waals surface area contributed by atoms with Crippen molar-refractivity contribution in [1.29, 1.82) is 5.26 Å². The molecule has 0 unspecified atom stereocenters. The predicted molar refractivity (Wildman–Crippen MR) is 98.8 cm³/mol. The normalized spacial score (nSPS) is 16.3. The molecule has 1 aliphatic heterocycles. The van der Waals surface area contributed by atoms with E-state index in [-0.39, 0.29) is 0 Å². The van der Waals surface area contributed by atoms with Gasteiger partial charge in [0.15, 0.2) is 11.4 Å². The molecule has 0 amide bonds. The number of rotatable bonds is 5. The van der Waals surface area contributed by atoms with Gasteiger partial charge in [-0.25, -0.2) is 19.3 Å². The van der Waals surface area contributed by atoms with E-state index < -0.39 is 5.54 Å². The molecule has 0 radical (unpaired) electrons. The van der Waals surface area contributed by atoms with Gasteiger partial charge >= 0.3 is 0 Å². The minimum atomic E-state index is -0.588. The van der Waals surface area contributed by atoms with Gasteiger partial charge in [-0.2, -0.15) is 5.26 Å². The molecule has 3 aromatic heterocycles. The van der Waals surface area contributed by atoms with Crippen LogP contribution < -0.4 is 5.32 Å². The molecule has 2 N–H and O–H groups in total. The second-order valence-corrected chi connectivity index (χ2v) is 7.25. The van der Waals surface area contributed by atoms with Crippen LogP contribution in [0.1, 0.15) is 6.92 Å². The van der Waals surface area contributed by atoms with Crippen LogP contribution in [0.15, 0.2) is 36.8 Å². The van der Waals surface area contributed by atoms with Crippen LogP contribution in [0, 0.1) is 11.3 Å². The first-order chi connectivity index (χ1) is 12.2. The standard InChI is InChI=1S/C17H17N7S/c1-2-25-24-10-17(9-18,11-24)23-14-5-7-20-16(22-14)13-8-21-15-12(13)4-3-6-19-15/h3-8H,2,10-11H2,1H3,(H,19,21)(H,20,22,23). The Morgan fingerprint density at radius 2 is 2.24 bits per heavy atom. The van der Waals surface area contributed by atoms with E-state index >= 15 is 0 Å². The zero-order valence-electron chi connectivity index (χ0n) is 13.7.